The van der Waals surface area contributed by atoms with Crippen LogP contribution < -0.4 is 0 Å². The minimum absolute atomic E-state index is 0.354. The molecule has 0 atom stereocenters. The number of nitrogens with zero attached hydrogens (tertiary/aromatic N) is 5. The summed E-state index contributed by atoms with van der Waals surface area (Å²) < 4.78 is 9.36. The summed E-state index contributed by atoms with van der Waals surface area (Å²) in [7, 11) is 1.40. The first-order chi connectivity index (χ1) is 18.2. The van der Waals surface area contributed by atoms with E-state index in [1.807, 2.05) is 30.6 Å². The molecule has 0 N–H and O–H groups in total. The zero-order valence-corrected chi connectivity index (χ0v) is 21.4. The van der Waals surface area contributed by atoms with E-state index in [9.17, 15) is 4.79 Å². The Labute approximate surface area is 215 Å². The second-order valence-corrected chi connectivity index (χ2v) is 9.77. The van der Waals surface area contributed by atoms with Gasteiger partial charge in [-0.15, -0.1) is 0 Å². The Bertz CT molecular complexity index is 1660. The lowest BCUT2D eigenvalue weighted by atomic mass is 9.97. The molecule has 0 saturated carbocycles. The Kier molecular flexibility index (Phi) is 6.20. The second-order valence-electron chi connectivity index (χ2n) is 9.77. The van der Waals surface area contributed by atoms with Crippen molar-refractivity contribution in [3.63, 3.8) is 0 Å². The van der Waals surface area contributed by atoms with Crippen LogP contribution in [-0.2, 0) is 17.7 Å². The molecule has 0 amide bonds. The van der Waals surface area contributed by atoms with Crippen LogP contribution in [0.5, 0.6) is 0 Å². The van der Waals surface area contributed by atoms with Gasteiger partial charge in [0.1, 0.15) is 5.82 Å². The van der Waals surface area contributed by atoms with Crippen LogP contribution in [-0.4, -0.2) is 37.0 Å². The monoisotopic (exact) mass is 493 g/mol. The van der Waals surface area contributed by atoms with Gasteiger partial charge < -0.3 is 9.30 Å². The highest BCUT2D eigenvalue weighted by Crippen LogP contribution is 2.30. The summed E-state index contributed by atoms with van der Waals surface area (Å²) in [5.74, 6) is 0.535. The first-order valence-electron chi connectivity index (χ1n) is 13.2. The highest BCUT2D eigenvalue weighted by molar-refractivity contribution is 5.94. The fourth-order valence-electron chi connectivity index (χ4n) is 5.48. The van der Waals surface area contributed by atoms with Gasteiger partial charge in [-0.2, -0.15) is 0 Å². The molecular formula is C30H31N5O2. The molecule has 0 aliphatic heterocycles. The van der Waals surface area contributed by atoms with Crippen molar-refractivity contribution in [1.29, 1.82) is 0 Å². The summed E-state index contributed by atoms with van der Waals surface area (Å²) in [5.41, 5.74) is 8.74. The number of esters is 1. The number of ether oxygens (including phenoxy) is 1. The molecule has 0 bridgehead atoms. The Morgan fingerprint density at radius 2 is 1.89 bits per heavy atom. The number of hydrogen-bond acceptors (Lipinski definition) is 5. The highest BCUT2D eigenvalue weighted by Gasteiger charge is 2.18. The molecule has 37 heavy (non-hydrogen) atoms. The number of aryl methyl sites for hydroxylation is 2. The van der Waals surface area contributed by atoms with E-state index in [1.54, 1.807) is 0 Å². The topological polar surface area (TPSA) is 74.3 Å². The van der Waals surface area contributed by atoms with E-state index in [1.165, 1.54) is 38.4 Å². The first kappa shape index (κ1) is 23.4. The number of fused-ring (bicyclic) bond motifs is 4. The van der Waals surface area contributed by atoms with Gasteiger partial charge in [0.25, 0.3) is 0 Å². The van der Waals surface area contributed by atoms with Gasteiger partial charge >= 0.3 is 5.97 Å². The molecule has 0 saturated heterocycles. The van der Waals surface area contributed by atoms with Gasteiger partial charge in [0.05, 0.1) is 40.4 Å². The number of carbonyl (C=O) groups is 1. The zero-order chi connectivity index (χ0) is 25.4. The van der Waals surface area contributed by atoms with E-state index in [0.29, 0.717) is 5.56 Å². The third-order valence-electron chi connectivity index (χ3n) is 7.35. The molecule has 2 aromatic carbocycles. The number of imidazole rings is 2. The fourth-order valence-corrected chi connectivity index (χ4v) is 5.48. The Morgan fingerprint density at radius 1 is 1.03 bits per heavy atom. The van der Waals surface area contributed by atoms with Crippen molar-refractivity contribution in [1.82, 2.24) is 23.9 Å². The molecule has 1 aliphatic rings. The Hall–Kier alpha value is -4.00. The number of allylic oxidation sites excluding steroid dienone is 2. The van der Waals surface area contributed by atoms with E-state index < -0.39 is 0 Å². The normalized spacial score (nSPS) is 13.9. The third-order valence-corrected chi connectivity index (χ3v) is 7.35. The van der Waals surface area contributed by atoms with Gasteiger partial charge in [-0.1, -0.05) is 25.0 Å². The van der Waals surface area contributed by atoms with Crippen molar-refractivity contribution in [2.24, 2.45) is 0 Å². The fraction of sp³-hybridized carbons (Fsp3) is 0.333. The number of hydrogen-bond donors (Lipinski definition) is 0. The van der Waals surface area contributed by atoms with Crippen LogP contribution in [0.2, 0.25) is 0 Å². The lowest BCUT2D eigenvalue weighted by Crippen LogP contribution is -2.04. The van der Waals surface area contributed by atoms with Gasteiger partial charge in [-0.05, 0) is 74.9 Å². The van der Waals surface area contributed by atoms with Gasteiger partial charge in [-0.25, -0.2) is 19.7 Å². The van der Waals surface area contributed by atoms with Gasteiger partial charge in [0.15, 0.2) is 5.65 Å². The van der Waals surface area contributed by atoms with Crippen LogP contribution in [0.3, 0.4) is 0 Å². The van der Waals surface area contributed by atoms with Crippen molar-refractivity contribution in [3.05, 3.63) is 71.7 Å². The zero-order valence-electron chi connectivity index (χ0n) is 21.4. The summed E-state index contributed by atoms with van der Waals surface area (Å²) >= 11 is 0. The Balaban J connectivity index is 1.49. The largest absolute Gasteiger partial charge is 0.465 e. The predicted octanol–water partition coefficient (Wildman–Crippen LogP) is 6.53. The maximum atomic E-state index is 12.2. The van der Waals surface area contributed by atoms with Crippen LogP contribution in [0.1, 0.15) is 61.5 Å². The lowest BCUT2D eigenvalue weighted by molar-refractivity contribution is 0.0601. The van der Waals surface area contributed by atoms with Gasteiger partial charge in [0, 0.05) is 24.5 Å². The standard InChI is InChI=1S/C30H31N5O2/c1-3-7-23-29-31-15-17-35(29)26-12-10-21(18-24(26)32-23)28-33-25-19-22(30(36)37-2)11-13-27(25)34(28)16-14-20-8-5-4-6-9-20/h8,10-13,15,17-19H,3-7,9,14,16H2,1-2H3. The molecule has 5 aromatic rings. The minimum Gasteiger partial charge on any atom is -0.465 e. The summed E-state index contributed by atoms with van der Waals surface area (Å²) in [4.78, 5) is 26.8. The van der Waals surface area contributed by atoms with Crippen LogP contribution >= 0.6 is 0 Å². The first-order valence-corrected chi connectivity index (χ1v) is 13.2. The molecule has 7 nitrogen and oxygen atoms in total. The van der Waals surface area contributed by atoms with E-state index in [0.717, 1.165) is 70.6 Å². The SMILES string of the molecule is CCCc1nc2cc(-c3nc4cc(C(=O)OC)ccc4n3CCC3=CCCCC3)ccc2n2ccnc12. The molecule has 188 valence electrons. The molecule has 3 heterocycles. The summed E-state index contributed by atoms with van der Waals surface area (Å²) in [6.45, 7) is 3.00. The predicted molar refractivity (Wildman–Crippen MR) is 146 cm³/mol. The molecule has 0 spiro atoms. The minimum atomic E-state index is -0.354. The maximum absolute atomic E-state index is 12.2. The lowest BCUT2D eigenvalue weighted by Gasteiger charge is -2.15. The van der Waals surface area contributed by atoms with Crippen molar-refractivity contribution >= 4 is 33.7 Å². The molecule has 7 heteroatoms. The van der Waals surface area contributed by atoms with Crippen LogP contribution in [0.25, 0.3) is 39.1 Å². The van der Waals surface area contributed by atoms with Crippen molar-refractivity contribution in [3.8, 4) is 11.4 Å². The smallest absolute Gasteiger partial charge is 0.337 e. The number of aromatic nitrogens is 5. The average Bonchev–Trinajstić information content (AvgIpc) is 3.57. The van der Waals surface area contributed by atoms with Crippen LogP contribution in [0.4, 0.5) is 0 Å². The molecular weight excluding hydrogens is 462 g/mol. The summed E-state index contributed by atoms with van der Waals surface area (Å²) in [6.07, 6.45) is 14.0. The quantitative estimate of drug-likeness (QED) is 0.190. The molecule has 0 unspecified atom stereocenters. The van der Waals surface area contributed by atoms with Crippen LogP contribution in [0.15, 0.2) is 60.4 Å². The van der Waals surface area contributed by atoms with Crippen molar-refractivity contribution in [2.45, 2.75) is 58.4 Å². The van der Waals surface area contributed by atoms with Crippen molar-refractivity contribution in [2.75, 3.05) is 7.11 Å². The van der Waals surface area contributed by atoms with E-state index in [2.05, 4.69) is 45.2 Å². The molecule has 6 rings (SSSR count). The summed E-state index contributed by atoms with van der Waals surface area (Å²) in [6, 6.07) is 12.0. The number of carbonyl (C=O) groups excluding carboxylic acids is 1. The second kappa shape index (κ2) is 9.81. The highest BCUT2D eigenvalue weighted by atomic mass is 16.5. The van der Waals surface area contributed by atoms with E-state index in [-0.39, 0.29) is 5.97 Å². The average molecular weight is 494 g/mol. The van der Waals surface area contributed by atoms with E-state index in [4.69, 9.17) is 14.7 Å². The number of rotatable bonds is 7. The van der Waals surface area contributed by atoms with Crippen molar-refractivity contribution < 1.29 is 9.53 Å². The molecule has 3 aromatic heterocycles. The third kappa shape index (κ3) is 4.28. The maximum Gasteiger partial charge on any atom is 0.337 e. The molecule has 1 aliphatic carbocycles. The number of methoxy groups -OCH3 is 1. The Morgan fingerprint density at radius 3 is 2.70 bits per heavy atom. The van der Waals surface area contributed by atoms with E-state index >= 15 is 0 Å². The van der Waals surface area contributed by atoms with Gasteiger partial charge in [0.2, 0.25) is 0 Å². The summed E-state index contributed by atoms with van der Waals surface area (Å²) in [5, 5.41) is 0. The van der Waals surface area contributed by atoms with Gasteiger partial charge in [-0.3, -0.25) is 4.40 Å². The molecule has 0 fully saturated rings. The van der Waals surface area contributed by atoms with Crippen LogP contribution in [0, 0.1) is 0 Å². The number of benzene rings is 2. The molecule has 0 radical (unpaired) electrons.